The Bertz CT molecular complexity index is 1500. The number of carbonyl (C=O) groups is 1. The zero-order chi connectivity index (χ0) is 23.7. The fraction of sp³-hybridized carbons (Fsp3) is 0.292. The highest BCUT2D eigenvalue weighted by Crippen LogP contribution is 2.46. The zero-order valence-electron chi connectivity index (χ0n) is 18.3. The van der Waals surface area contributed by atoms with Crippen LogP contribution in [0.1, 0.15) is 41.7 Å². The number of benzene rings is 1. The molecule has 1 amide bonds. The molecule has 7 rings (SSSR count). The van der Waals surface area contributed by atoms with Crippen LogP contribution < -0.4 is 0 Å². The minimum absolute atomic E-state index is 0.0304. The van der Waals surface area contributed by atoms with Gasteiger partial charge in [0.15, 0.2) is 0 Å². The lowest BCUT2D eigenvalue weighted by atomic mass is 9.98. The molecule has 5 heterocycles. The molecule has 11 heteroatoms. The summed E-state index contributed by atoms with van der Waals surface area (Å²) in [5, 5.41) is 13.2. The number of amides is 1. The summed E-state index contributed by atoms with van der Waals surface area (Å²) < 4.78 is 32.6. The number of hydrogen-bond acceptors (Lipinski definition) is 6. The Balaban J connectivity index is 1.24. The zero-order valence-corrected chi connectivity index (χ0v) is 18.3. The van der Waals surface area contributed by atoms with Crippen LogP contribution >= 0.6 is 0 Å². The molecule has 1 N–H and O–H groups in total. The Morgan fingerprint density at radius 1 is 1.20 bits per heavy atom. The smallest absolute Gasteiger partial charge is 0.333 e. The van der Waals surface area contributed by atoms with Gasteiger partial charge in [-0.1, -0.05) is 18.2 Å². The van der Waals surface area contributed by atoms with E-state index in [1.807, 2.05) is 30.3 Å². The summed E-state index contributed by atoms with van der Waals surface area (Å²) >= 11 is 0. The second-order valence-corrected chi connectivity index (χ2v) is 9.01. The van der Waals surface area contributed by atoms with Gasteiger partial charge in [0.25, 0.3) is 5.91 Å². The van der Waals surface area contributed by atoms with Gasteiger partial charge in [-0.05, 0) is 18.6 Å². The molecule has 176 valence electrons. The number of carbonyl (C=O) groups excluding carboxylic acids is 1. The molecule has 3 aromatic heterocycles. The third kappa shape index (κ3) is 3.14. The van der Waals surface area contributed by atoms with Crippen LogP contribution in [-0.4, -0.2) is 48.5 Å². The van der Waals surface area contributed by atoms with Crippen molar-refractivity contribution >= 4 is 28.3 Å². The Morgan fingerprint density at radius 3 is 2.91 bits per heavy atom. The number of aromatic nitrogens is 4. The molecule has 2 aliphatic heterocycles. The molecule has 1 saturated carbocycles. The summed E-state index contributed by atoms with van der Waals surface area (Å²) in [6.45, 7) is -2.24. The van der Waals surface area contributed by atoms with Gasteiger partial charge in [0.05, 0.1) is 23.9 Å². The molecule has 1 fully saturated rings. The molecular weight excluding hydrogens is 456 g/mol. The van der Waals surface area contributed by atoms with Crippen LogP contribution in [0.3, 0.4) is 0 Å². The third-order valence-corrected chi connectivity index (χ3v) is 6.97. The Morgan fingerprint density at radius 2 is 2.09 bits per heavy atom. The predicted molar refractivity (Wildman–Crippen MR) is 121 cm³/mol. The van der Waals surface area contributed by atoms with Crippen molar-refractivity contribution in [2.24, 2.45) is 22.0 Å². The Kier molecular flexibility index (Phi) is 4.29. The number of imidazole rings is 1. The summed E-state index contributed by atoms with van der Waals surface area (Å²) in [6.07, 6.45) is 5.60. The Hall–Kier alpha value is -4.15. The van der Waals surface area contributed by atoms with Crippen LogP contribution in [-0.2, 0) is 11.2 Å². The number of fused-ring (bicyclic) bond motifs is 3. The van der Waals surface area contributed by atoms with Crippen molar-refractivity contribution in [1.29, 1.82) is 0 Å². The van der Waals surface area contributed by atoms with Gasteiger partial charge in [-0.2, -0.15) is 19.0 Å². The van der Waals surface area contributed by atoms with Crippen LogP contribution in [0.5, 0.6) is 0 Å². The van der Waals surface area contributed by atoms with Crippen molar-refractivity contribution in [3.8, 4) is 0 Å². The molecule has 9 nitrogen and oxygen atoms in total. The van der Waals surface area contributed by atoms with Gasteiger partial charge < -0.3 is 14.3 Å². The molecule has 0 bridgehead atoms. The van der Waals surface area contributed by atoms with Crippen molar-refractivity contribution in [3.05, 3.63) is 71.8 Å². The van der Waals surface area contributed by atoms with Gasteiger partial charge in [-0.15, -0.1) is 5.10 Å². The number of halogens is 2. The maximum absolute atomic E-state index is 13.8. The molecule has 0 spiro atoms. The van der Waals surface area contributed by atoms with E-state index in [1.165, 1.54) is 12.4 Å². The summed E-state index contributed by atoms with van der Waals surface area (Å²) in [6, 6.07) is 9.17. The lowest BCUT2D eigenvalue weighted by molar-refractivity contribution is -0.126. The normalized spacial score (nSPS) is 23.2. The molecule has 4 aromatic rings. The topological polar surface area (TPSA) is 105 Å². The van der Waals surface area contributed by atoms with Crippen LogP contribution in [0, 0.1) is 11.8 Å². The van der Waals surface area contributed by atoms with Gasteiger partial charge >= 0.3 is 6.55 Å². The summed E-state index contributed by atoms with van der Waals surface area (Å²) in [7, 11) is 0. The molecule has 0 saturated heterocycles. The average molecular weight is 475 g/mol. The molecule has 0 radical (unpaired) electrons. The quantitative estimate of drug-likeness (QED) is 0.486. The van der Waals surface area contributed by atoms with Crippen molar-refractivity contribution in [2.45, 2.75) is 25.4 Å². The average Bonchev–Trinajstić information content (AvgIpc) is 3.23. The number of hydrogen-bond donors (Lipinski definition) is 1. The van der Waals surface area contributed by atoms with E-state index in [9.17, 15) is 13.6 Å². The van der Waals surface area contributed by atoms with Gasteiger partial charge in [0.1, 0.15) is 23.1 Å². The van der Waals surface area contributed by atoms with Gasteiger partial charge in [-0.3, -0.25) is 4.79 Å². The molecule has 35 heavy (non-hydrogen) atoms. The number of rotatable bonds is 4. The van der Waals surface area contributed by atoms with Crippen molar-refractivity contribution in [3.63, 3.8) is 0 Å². The summed E-state index contributed by atoms with van der Waals surface area (Å²) in [5.74, 6) is 0.307. The highest BCUT2D eigenvalue weighted by Gasteiger charge is 2.51. The second kappa shape index (κ2) is 7.42. The van der Waals surface area contributed by atoms with E-state index in [2.05, 4.69) is 25.3 Å². The first-order chi connectivity index (χ1) is 17.1. The number of nitrogens with one attached hydrogen (secondary N) is 1. The van der Waals surface area contributed by atoms with E-state index in [-0.39, 0.29) is 17.7 Å². The van der Waals surface area contributed by atoms with Crippen molar-refractivity contribution in [1.82, 2.24) is 24.6 Å². The standard InChI is InChI=1S/C24H19F2N7O2/c25-24(26)33-10-13(9-29-33)19-14-8-15(14)20(31-30-19)23(34)32-6-5-16-21(28-11-27-16)22(32)18-7-12-3-1-2-4-17(12)35-18/h1-4,7,9-11,14-15,22,24H,5-6,8H2,(H,27,28)/t14?,15?,22-/m1/s1. The molecule has 3 aliphatic rings. The van der Waals surface area contributed by atoms with Gasteiger partial charge in [0, 0.05) is 47.6 Å². The second-order valence-electron chi connectivity index (χ2n) is 9.01. The first-order valence-corrected chi connectivity index (χ1v) is 11.4. The van der Waals surface area contributed by atoms with Crippen LogP contribution in [0.4, 0.5) is 8.78 Å². The van der Waals surface area contributed by atoms with Crippen molar-refractivity contribution in [2.75, 3.05) is 6.54 Å². The number of aromatic amines is 1. The minimum atomic E-state index is -2.72. The maximum atomic E-state index is 13.8. The van der Waals surface area contributed by atoms with Crippen LogP contribution in [0.15, 0.2) is 63.7 Å². The predicted octanol–water partition coefficient (Wildman–Crippen LogP) is 3.72. The lowest BCUT2D eigenvalue weighted by Crippen LogP contribution is -2.45. The van der Waals surface area contributed by atoms with E-state index < -0.39 is 12.6 Å². The SMILES string of the molecule is O=C(C1=NN=C(c2cnn(C(F)F)c2)C2CC12)N1CCc2[nH]cnc2[C@H]1c1cc2ccccc2o1. The summed E-state index contributed by atoms with van der Waals surface area (Å²) in [4.78, 5) is 23.2. The summed E-state index contributed by atoms with van der Waals surface area (Å²) in [5.41, 5.74) is 3.98. The minimum Gasteiger partial charge on any atom is -0.458 e. The number of H-pyrrole nitrogens is 1. The largest absolute Gasteiger partial charge is 0.458 e. The molecule has 2 unspecified atom stereocenters. The van der Waals surface area contributed by atoms with Crippen molar-refractivity contribution < 1.29 is 18.0 Å². The van der Waals surface area contributed by atoms with E-state index in [0.29, 0.717) is 46.8 Å². The number of nitrogens with zero attached hydrogens (tertiary/aromatic N) is 6. The number of furan rings is 1. The molecule has 1 aromatic carbocycles. The van der Waals surface area contributed by atoms with Crippen LogP contribution in [0.25, 0.3) is 11.0 Å². The monoisotopic (exact) mass is 475 g/mol. The first kappa shape index (κ1) is 20.2. The lowest BCUT2D eigenvalue weighted by Gasteiger charge is -2.34. The molecule has 3 atom stereocenters. The van der Waals surface area contributed by atoms with E-state index in [4.69, 9.17) is 4.42 Å². The molecule has 1 aliphatic carbocycles. The van der Waals surface area contributed by atoms with E-state index in [1.54, 1.807) is 11.2 Å². The van der Waals surface area contributed by atoms with Gasteiger partial charge in [0.2, 0.25) is 0 Å². The first-order valence-electron chi connectivity index (χ1n) is 11.4. The highest BCUT2D eigenvalue weighted by molar-refractivity contribution is 6.41. The third-order valence-electron chi connectivity index (χ3n) is 6.97. The molecular formula is C24H19F2N7O2. The van der Waals surface area contributed by atoms with E-state index >= 15 is 0 Å². The highest BCUT2D eigenvalue weighted by atomic mass is 19.3. The maximum Gasteiger partial charge on any atom is 0.333 e. The van der Waals surface area contributed by atoms with Gasteiger partial charge in [-0.25, -0.2) is 9.67 Å². The van der Waals surface area contributed by atoms with Crippen LogP contribution in [0.2, 0.25) is 0 Å². The fourth-order valence-corrected chi connectivity index (χ4v) is 5.17. The number of alkyl halides is 2. The fourth-order valence-electron chi connectivity index (χ4n) is 5.17. The van der Waals surface area contributed by atoms with E-state index in [0.717, 1.165) is 22.4 Å². The number of para-hydroxylation sites is 1. The Labute approximate surface area is 197 Å².